The number of hydroxylamine groups is 2. The number of nitrogens with zero attached hydrogens (tertiary/aromatic N) is 1. The number of benzene rings is 1. The maximum absolute atomic E-state index is 12.6. The molecule has 0 spiro atoms. The van der Waals surface area contributed by atoms with E-state index >= 15 is 0 Å². The standard InChI is InChI=1S/C11H12F3NO3S/c1-8-3-5-9(6-4-8)19(16,17)18-15-7-10(15,2)11(12,13)14/h3-6H,7H2,1-2H3. The summed E-state index contributed by atoms with van der Waals surface area (Å²) in [5, 5.41) is 0.419. The van der Waals surface area contributed by atoms with Crippen LogP contribution in [0.1, 0.15) is 12.5 Å². The monoisotopic (exact) mass is 295 g/mol. The van der Waals surface area contributed by atoms with Gasteiger partial charge in [-0.2, -0.15) is 30.9 Å². The molecule has 0 aliphatic carbocycles. The van der Waals surface area contributed by atoms with Crippen molar-refractivity contribution in [1.29, 1.82) is 0 Å². The van der Waals surface area contributed by atoms with Gasteiger partial charge < -0.3 is 0 Å². The third-order valence-electron chi connectivity index (χ3n) is 3.01. The molecule has 2 rings (SSSR count). The third-order valence-corrected chi connectivity index (χ3v) is 4.23. The van der Waals surface area contributed by atoms with Gasteiger partial charge in [0, 0.05) is 0 Å². The molecule has 0 radical (unpaired) electrons. The molecule has 0 aromatic heterocycles. The van der Waals surface area contributed by atoms with Crippen LogP contribution in [-0.2, 0) is 14.4 Å². The van der Waals surface area contributed by atoms with Crippen LogP contribution in [0.4, 0.5) is 13.2 Å². The van der Waals surface area contributed by atoms with Crippen molar-refractivity contribution in [2.45, 2.75) is 30.5 Å². The predicted molar refractivity (Wildman–Crippen MR) is 60.6 cm³/mol. The Labute approximate surface area is 108 Å². The van der Waals surface area contributed by atoms with E-state index < -0.39 is 28.4 Å². The summed E-state index contributed by atoms with van der Waals surface area (Å²) in [6, 6.07) is 5.67. The fraction of sp³-hybridized carbons (Fsp3) is 0.455. The largest absolute Gasteiger partial charge is 0.410 e. The van der Waals surface area contributed by atoms with E-state index in [4.69, 9.17) is 0 Å². The Morgan fingerprint density at radius 2 is 1.79 bits per heavy atom. The summed E-state index contributed by atoms with van der Waals surface area (Å²) in [7, 11) is -4.22. The van der Waals surface area contributed by atoms with Crippen LogP contribution in [-0.4, -0.2) is 31.7 Å². The maximum atomic E-state index is 12.6. The van der Waals surface area contributed by atoms with Crippen LogP contribution in [0.15, 0.2) is 29.2 Å². The van der Waals surface area contributed by atoms with Crippen LogP contribution in [0.3, 0.4) is 0 Å². The first-order valence-corrected chi connectivity index (χ1v) is 6.83. The van der Waals surface area contributed by atoms with Crippen molar-refractivity contribution < 1.29 is 25.9 Å². The van der Waals surface area contributed by atoms with Crippen molar-refractivity contribution in [3.63, 3.8) is 0 Å². The first kappa shape index (κ1) is 14.3. The lowest BCUT2D eigenvalue weighted by atomic mass is 10.2. The van der Waals surface area contributed by atoms with Crippen LogP contribution < -0.4 is 0 Å². The number of rotatable bonds is 3. The second-order valence-electron chi connectivity index (χ2n) is 4.65. The van der Waals surface area contributed by atoms with Crippen LogP contribution in [0.5, 0.6) is 0 Å². The molecule has 2 atom stereocenters. The van der Waals surface area contributed by atoms with E-state index in [-0.39, 0.29) is 4.90 Å². The van der Waals surface area contributed by atoms with Gasteiger partial charge >= 0.3 is 16.3 Å². The number of hydrogen-bond donors (Lipinski definition) is 0. The second-order valence-corrected chi connectivity index (χ2v) is 6.18. The number of alkyl halides is 3. The van der Waals surface area contributed by atoms with Crippen molar-refractivity contribution in [2.75, 3.05) is 6.54 Å². The minimum absolute atomic E-state index is 0.172. The van der Waals surface area contributed by atoms with Gasteiger partial charge in [-0.25, -0.2) is 0 Å². The molecule has 1 saturated heterocycles. The summed E-state index contributed by atoms with van der Waals surface area (Å²) in [5.74, 6) is 0. The fourth-order valence-corrected chi connectivity index (χ4v) is 2.46. The van der Waals surface area contributed by atoms with Gasteiger partial charge in [0.15, 0.2) is 5.54 Å². The molecule has 8 heteroatoms. The minimum atomic E-state index is -4.53. The molecule has 1 aliphatic rings. The van der Waals surface area contributed by atoms with Crippen LogP contribution in [0.2, 0.25) is 0 Å². The molecule has 0 N–H and O–H groups in total. The first-order chi connectivity index (χ1) is 8.56. The molecule has 106 valence electrons. The van der Waals surface area contributed by atoms with E-state index in [0.717, 1.165) is 12.5 Å². The van der Waals surface area contributed by atoms with E-state index in [1.54, 1.807) is 19.1 Å². The first-order valence-electron chi connectivity index (χ1n) is 5.42. The maximum Gasteiger partial charge on any atom is 0.410 e. The lowest BCUT2D eigenvalue weighted by molar-refractivity contribution is -0.186. The van der Waals surface area contributed by atoms with E-state index in [2.05, 4.69) is 4.28 Å². The molecule has 0 saturated carbocycles. The van der Waals surface area contributed by atoms with E-state index in [1.807, 2.05) is 0 Å². The Kier molecular flexibility index (Phi) is 3.15. The molecule has 1 aromatic rings. The Hall–Kier alpha value is -1.12. The third kappa shape index (κ3) is 2.60. The van der Waals surface area contributed by atoms with Gasteiger partial charge in [-0.3, -0.25) is 0 Å². The highest BCUT2D eigenvalue weighted by Gasteiger charge is 2.69. The van der Waals surface area contributed by atoms with Crippen LogP contribution in [0, 0.1) is 6.92 Å². The van der Waals surface area contributed by atoms with E-state index in [1.165, 1.54) is 12.1 Å². The molecular formula is C11H12F3NO3S. The van der Waals surface area contributed by atoms with Gasteiger partial charge in [0.25, 0.3) is 0 Å². The Bertz CT molecular complexity index is 582. The highest BCUT2D eigenvalue weighted by Crippen LogP contribution is 2.47. The summed E-state index contributed by atoms with van der Waals surface area (Å²) < 4.78 is 65.8. The molecule has 2 unspecified atom stereocenters. The quantitative estimate of drug-likeness (QED) is 0.802. The second kappa shape index (κ2) is 4.19. The van der Waals surface area contributed by atoms with E-state index in [9.17, 15) is 21.6 Å². The molecule has 1 aliphatic heterocycles. The lowest BCUT2D eigenvalue weighted by Crippen LogP contribution is -2.34. The summed E-state index contributed by atoms with van der Waals surface area (Å²) >= 11 is 0. The van der Waals surface area contributed by atoms with Crippen LogP contribution >= 0.6 is 0 Å². The fourth-order valence-electron chi connectivity index (χ4n) is 1.45. The molecular weight excluding hydrogens is 283 g/mol. The smallest absolute Gasteiger partial charge is 0.192 e. The lowest BCUT2D eigenvalue weighted by Gasteiger charge is -2.15. The van der Waals surface area contributed by atoms with Gasteiger partial charge in [-0.15, -0.1) is 0 Å². The van der Waals surface area contributed by atoms with Crippen molar-refractivity contribution in [1.82, 2.24) is 5.06 Å². The Balaban J connectivity index is 2.15. The zero-order chi connectivity index (χ0) is 14.5. The van der Waals surface area contributed by atoms with E-state index in [0.29, 0.717) is 5.06 Å². The van der Waals surface area contributed by atoms with Gasteiger partial charge in [-0.05, 0) is 26.0 Å². The number of aryl methyl sites for hydroxylation is 1. The molecule has 0 amide bonds. The molecule has 1 aromatic carbocycles. The van der Waals surface area contributed by atoms with Gasteiger partial charge in [0.05, 0.1) is 11.4 Å². The summed E-state index contributed by atoms with van der Waals surface area (Å²) in [4.78, 5) is -0.172. The van der Waals surface area contributed by atoms with Crippen molar-refractivity contribution in [2.24, 2.45) is 0 Å². The molecule has 19 heavy (non-hydrogen) atoms. The summed E-state index contributed by atoms with van der Waals surface area (Å²) in [5.41, 5.74) is -1.39. The number of halogens is 3. The Morgan fingerprint density at radius 3 is 2.21 bits per heavy atom. The SMILES string of the molecule is Cc1ccc(S(=O)(=O)ON2CC2(C)C(F)(F)F)cc1. The minimum Gasteiger partial charge on any atom is -0.192 e. The highest BCUT2D eigenvalue weighted by atomic mass is 32.2. The Morgan fingerprint density at radius 1 is 1.26 bits per heavy atom. The molecule has 1 heterocycles. The summed E-state index contributed by atoms with van der Waals surface area (Å²) in [6.07, 6.45) is -4.53. The van der Waals surface area contributed by atoms with Gasteiger partial charge in [0.1, 0.15) is 0 Å². The van der Waals surface area contributed by atoms with Crippen LogP contribution in [0.25, 0.3) is 0 Å². The summed E-state index contributed by atoms with van der Waals surface area (Å²) in [6.45, 7) is 2.15. The normalized spacial score (nSPS) is 27.3. The van der Waals surface area contributed by atoms with Gasteiger partial charge in [0.2, 0.25) is 0 Å². The number of hydrogen-bond acceptors (Lipinski definition) is 4. The molecule has 4 nitrogen and oxygen atoms in total. The molecule has 0 bridgehead atoms. The topological polar surface area (TPSA) is 46.4 Å². The van der Waals surface area contributed by atoms with Crippen molar-refractivity contribution in [3.05, 3.63) is 29.8 Å². The zero-order valence-electron chi connectivity index (χ0n) is 10.2. The van der Waals surface area contributed by atoms with Crippen molar-refractivity contribution in [3.8, 4) is 0 Å². The average molecular weight is 295 g/mol. The van der Waals surface area contributed by atoms with Crippen molar-refractivity contribution >= 4 is 10.1 Å². The zero-order valence-corrected chi connectivity index (χ0v) is 11.0. The average Bonchev–Trinajstić information content (AvgIpc) is 2.89. The highest BCUT2D eigenvalue weighted by molar-refractivity contribution is 7.86. The molecule has 1 fully saturated rings. The van der Waals surface area contributed by atoms with Gasteiger partial charge in [-0.1, -0.05) is 17.7 Å². The predicted octanol–water partition coefficient (Wildman–Crippen LogP) is 2.25.